The topological polar surface area (TPSA) is 202 Å². The molecule has 1 amide bonds. The van der Waals surface area contributed by atoms with Crippen LogP contribution in [0.2, 0.25) is 0 Å². The van der Waals surface area contributed by atoms with E-state index in [1.807, 2.05) is 5.43 Å². The van der Waals surface area contributed by atoms with E-state index in [1.54, 1.807) is 0 Å². The first-order valence-electron chi connectivity index (χ1n) is 6.27. The standard InChI is InChI=1S/C11H9N7O7/c1-24-9-5(2-6(17(20)21)3-7(9)18(22)23)4-13-14-11(19)8-10(12)16-25-15-8/h2-4H,1H3,(H2,12,16)(H,14,19)/b13-4-. The Hall–Kier alpha value is -4.10. The van der Waals surface area contributed by atoms with Crippen LogP contribution in [-0.4, -0.2) is 39.4 Å². The molecule has 0 spiro atoms. The minimum absolute atomic E-state index is 0.102. The third kappa shape index (κ3) is 3.63. The molecule has 0 fully saturated rings. The van der Waals surface area contributed by atoms with Gasteiger partial charge in [-0.15, -0.1) is 0 Å². The highest BCUT2D eigenvalue weighted by atomic mass is 16.6. The molecule has 14 heteroatoms. The number of nitro benzene ring substituents is 2. The third-order valence-corrected chi connectivity index (χ3v) is 2.79. The summed E-state index contributed by atoms with van der Waals surface area (Å²) < 4.78 is 9.14. The van der Waals surface area contributed by atoms with Gasteiger partial charge in [0.15, 0.2) is 0 Å². The van der Waals surface area contributed by atoms with E-state index in [1.165, 1.54) is 0 Å². The number of nitrogens with two attached hydrogens (primary N) is 1. The molecule has 2 rings (SSSR count). The summed E-state index contributed by atoms with van der Waals surface area (Å²) >= 11 is 0. The van der Waals surface area contributed by atoms with Gasteiger partial charge in [0.1, 0.15) is 0 Å². The number of rotatable bonds is 6. The number of nitrogen functional groups attached to an aromatic ring is 1. The van der Waals surface area contributed by atoms with Gasteiger partial charge in [-0.05, 0) is 10.3 Å². The van der Waals surface area contributed by atoms with Crippen molar-refractivity contribution in [2.45, 2.75) is 0 Å². The lowest BCUT2D eigenvalue weighted by Crippen LogP contribution is -2.19. The highest BCUT2D eigenvalue weighted by Gasteiger charge is 2.24. The van der Waals surface area contributed by atoms with Gasteiger partial charge in [-0.3, -0.25) is 25.0 Å². The molecular formula is C11H9N7O7. The Bertz CT molecular complexity index is 876. The Labute approximate surface area is 137 Å². The number of hydrazone groups is 1. The van der Waals surface area contributed by atoms with E-state index in [9.17, 15) is 25.0 Å². The molecule has 1 aromatic heterocycles. The van der Waals surface area contributed by atoms with Crippen LogP contribution in [0.5, 0.6) is 5.75 Å². The summed E-state index contributed by atoms with van der Waals surface area (Å²) in [5, 5.41) is 31.9. The number of hydrogen-bond acceptors (Lipinski definition) is 11. The Morgan fingerprint density at radius 3 is 2.60 bits per heavy atom. The van der Waals surface area contributed by atoms with E-state index < -0.39 is 27.1 Å². The molecule has 2 aromatic rings. The molecule has 0 aliphatic carbocycles. The van der Waals surface area contributed by atoms with Crippen molar-refractivity contribution in [3.05, 3.63) is 43.6 Å². The number of benzene rings is 1. The number of non-ortho nitro benzene ring substituents is 1. The van der Waals surface area contributed by atoms with Crippen LogP contribution in [0.3, 0.4) is 0 Å². The normalized spacial score (nSPS) is 10.6. The zero-order chi connectivity index (χ0) is 18.6. The molecular weight excluding hydrogens is 342 g/mol. The smallest absolute Gasteiger partial charge is 0.318 e. The van der Waals surface area contributed by atoms with Crippen molar-refractivity contribution in [1.29, 1.82) is 0 Å². The number of anilines is 1. The SMILES string of the molecule is COc1c(/C=N\NC(=O)c2nonc2N)cc([N+](=O)[O-])cc1[N+](=O)[O-]. The van der Waals surface area contributed by atoms with Crippen LogP contribution in [0.15, 0.2) is 21.9 Å². The molecule has 3 N–H and O–H groups in total. The first kappa shape index (κ1) is 17.3. The van der Waals surface area contributed by atoms with Gasteiger partial charge in [-0.2, -0.15) is 5.10 Å². The molecule has 0 atom stereocenters. The molecule has 14 nitrogen and oxygen atoms in total. The summed E-state index contributed by atoms with van der Waals surface area (Å²) in [6, 6.07) is 1.74. The number of carbonyl (C=O) groups excluding carboxylic acids is 1. The average molecular weight is 351 g/mol. The van der Waals surface area contributed by atoms with Crippen LogP contribution in [0.1, 0.15) is 16.1 Å². The molecule has 1 aromatic carbocycles. The van der Waals surface area contributed by atoms with Crippen LogP contribution in [0.25, 0.3) is 0 Å². The maximum Gasteiger partial charge on any atom is 0.318 e. The van der Waals surface area contributed by atoms with Gasteiger partial charge in [-0.1, -0.05) is 0 Å². The Morgan fingerprint density at radius 1 is 1.36 bits per heavy atom. The van der Waals surface area contributed by atoms with Crippen molar-refractivity contribution in [2.75, 3.05) is 12.8 Å². The molecule has 130 valence electrons. The quantitative estimate of drug-likeness (QED) is 0.412. The molecule has 0 bridgehead atoms. The predicted octanol–water partition coefficient (Wildman–Crippen LogP) is 0.241. The van der Waals surface area contributed by atoms with Gasteiger partial charge in [0.2, 0.25) is 17.3 Å². The van der Waals surface area contributed by atoms with E-state index in [2.05, 4.69) is 20.0 Å². The number of aromatic nitrogens is 2. The fraction of sp³-hybridized carbons (Fsp3) is 0.0909. The van der Waals surface area contributed by atoms with E-state index >= 15 is 0 Å². The van der Waals surface area contributed by atoms with Crippen LogP contribution in [0.4, 0.5) is 17.2 Å². The predicted molar refractivity (Wildman–Crippen MR) is 80.1 cm³/mol. The number of amides is 1. The van der Waals surface area contributed by atoms with Gasteiger partial charge in [-0.25, -0.2) is 10.1 Å². The number of nitro groups is 2. The molecule has 0 aliphatic heterocycles. The second-order valence-corrected chi connectivity index (χ2v) is 4.30. The summed E-state index contributed by atoms with van der Waals surface area (Å²) in [4.78, 5) is 32.0. The fourth-order valence-corrected chi connectivity index (χ4v) is 1.75. The third-order valence-electron chi connectivity index (χ3n) is 2.79. The fourth-order valence-electron chi connectivity index (χ4n) is 1.75. The van der Waals surface area contributed by atoms with Crippen molar-refractivity contribution < 1.29 is 24.0 Å². The molecule has 0 radical (unpaired) electrons. The number of hydrogen-bond donors (Lipinski definition) is 2. The van der Waals surface area contributed by atoms with Gasteiger partial charge in [0.25, 0.3) is 11.6 Å². The van der Waals surface area contributed by atoms with Crippen molar-refractivity contribution in [3.63, 3.8) is 0 Å². The minimum atomic E-state index is -0.867. The van der Waals surface area contributed by atoms with Gasteiger partial charge < -0.3 is 10.5 Å². The Kier molecular flexibility index (Phi) is 4.82. The highest BCUT2D eigenvalue weighted by Crippen LogP contribution is 2.34. The lowest BCUT2D eigenvalue weighted by atomic mass is 10.1. The lowest BCUT2D eigenvalue weighted by Gasteiger charge is -2.05. The maximum absolute atomic E-state index is 11.7. The largest absolute Gasteiger partial charge is 0.490 e. The molecule has 0 saturated carbocycles. The second kappa shape index (κ2) is 6.99. The zero-order valence-electron chi connectivity index (χ0n) is 12.4. The highest BCUT2D eigenvalue weighted by molar-refractivity contribution is 5.97. The van der Waals surface area contributed by atoms with Crippen LogP contribution < -0.4 is 15.9 Å². The van der Waals surface area contributed by atoms with Crippen molar-refractivity contribution in [1.82, 2.24) is 15.7 Å². The van der Waals surface area contributed by atoms with Crippen LogP contribution in [0, 0.1) is 20.2 Å². The monoisotopic (exact) mass is 351 g/mol. The molecule has 0 unspecified atom stereocenters. The zero-order valence-corrected chi connectivity index (χ0v) is 12.4. The summed E-state index contributed by atoms with van der Waals surface area (Å²) in [5.74, 6) is -1.40. The summed E-state index contributed by atoms with van der Waals surface area (Å²) in [7, 11) is 1.14. The maximum atomic E-state index is 11.7. The van der Waals surface area contributed by atoms with Crippen molar-refractivity contribution in [2.24, 2.45) is 5.10 Å². The first-order valence-corrected chi connectivity index (χ1v) is 6.27. The molecule has 25 heavy (non-hydrogen) atoms. The van der Waals surface area contributed by atoms with E-state index in [-0.39, 0.29) is 22.8 Å². The number of ether oxygens (including phenoxy) is 1. The van der Waals surface area contributed by atoms with E-state index in [0.29, 0.717) is 0 Å². The Balaban J connectivity index is 2.34. The summed E-state index contributed by atoms with van der Waals surface area (Å²) in [6.07, 6.45) is 0.931. The van der Waals surface area contributed by atoms with Gasteiger partial charge in [0, 0.05) is 6.07 Å². The Morgan fingerprint density at radius 2 is 2.08 bits per heavy atom. The number of carbonyl (C=O) groups is 1. The molecule has 0 saturated heterocycles. The average Bonchev–Trinajstić information content (AvgIpc) is 2.99. The van der Waals surface area contributed by atoms with E-state index in [4.69, 9.17) is 10.5 Å². The van der Waals surface area contributed by atoms with Crippen LogP contribution >= 0.6 is 0 Å². The first-order chi connectivity index (χ1) is 11.8. The van der Waals surface area contributed by atoms with Gasteiger partial charge >= 0.3 is 5.69 Å². The van der Waals surface area contributed by atoms with Crippen LogP contribution in [-0.2, 0) is 0 Å². The number of nitrogens with zero attached hydrogens (tertiary/aromatic N) is 5. The van der Waals surface area contributed by atoms with Crippen molar-refractivity contribution >= 4 is 29.3 Å². The summed E-state index contributed by atoms with van der Waals surface area (Å²) in [5.41, 5.74) is 5.73. The number of methoxy groups -OCH3 is 1. The van der Waals surface area contributed by atoms with E-state index in [0.717, 1.165) is 25.5 Å². The number of nitrogens with one attached hydrogen (secondary N) is 1. The lowest BCUT2D eigenvalue weighted by molar-refractivity contribution is -0.394. The second-order valence-electron chi connectivity index (χ2n) is 4.30. The minimum Gasteiger partial charge on any atom is -0.490 e. The summed E-state index contributed by atoms with van der Waals surface area (Å²) in [6.45, 7) is 0. The molecule has 0 aliphatic rings. The molecule has 1 heterocycles. The van der Waals surface area contributed by atoms with Gasteiger partial charge in [0.05, 0.1) is 34.8 Å². The van der Waals surface area contributed by atoms with Crippen molar-refractivity contribution in [3.8, 4) is 5.75 Å².